The predicted octanol–water partition coefficient (Wildman–Crippen LogP) is 2.46. The Balaban J connectivity index is 2.15. The maximum atomic E-state index is 9.41. The van der Waals surface area contributed by atoms with Crippen molar-refractivity contribution in [2.24, 2.45) is 0 Å². The number of aromatic nitrogens is 1. The first-order valence-corrected chi connectivity index (χ1v) is 6.08. The Morgan fingerprint density at radius 1 is 1.47 bits per heavy atom. The van der Waals surface area contributed by atoms with Gasteiger partial charge in [-0.05, 0) is 34.8 Å². The minimum Gasteiger partial charge on any atom is -0.393 e. The molecule has 1 aromatic heterocycles. The van der Waals surface area contributed by atoms with E-state index < -0.39 is 0 Å². The number of anilines is 1. The van der Waals surface area contributed by atoms with Gasteiger partial charge in [0.1, 0.15) is 5.82 Å². The molecule has 0 bridgehead atoms. The summed E-state index contributed by atoms with van der Waals surface area (Å²) in [6.45, 7) is 1.68. The first-order valence-electron chi connectivity index (χ1n) is 4.91. The summed E-state index contributed by atoms with van der Waals surface area (Å²) in [6, 6.07) is 1.84. The number of piperidine rings is 1. The van der Waals surface area contributed by atoms with Crippen LogP contribution in [0.4, 0.5) is 5.82 Å². The average Bonchev–Trinajstić information content (AvgIpc) is 2.20. The molecule has 0 saturated carbocycles. The second kappa shape index (κ2) is 4.68. The molecule has 0 aromatic carbocycles. The quantitative estimate of drug-likeness (QED) is 0.863. The predicted molar refractivity (Wildman–Crippen MR) is 64.4 cm³/mol. The molecule has 0 atom stereocenters. The van der Waals surface area contributed by atoms with Crippen molar-refractivity contribution in [3.63, 3.8) is 0 Å². The molecule has 0 amide bonds. The van der Waals surface area contributed by atoms with E-state index in [0.717, 1.165) is 36.2 Å². The Bertz CT molecular complexity index is 353. The zero-order valence-corrected chi connectivity index (χ0v) is 10.5. The molecule has 2 heterocycles. The normalized spacial score (nSPS) is 18.2. The number of pyridine rings is 1. The Morgan fingerprint density at radius 2 is 2.13 bits per heavy atom. The lowest BCUT2D eigenvalue weighted by atomic mass is 10.1. The third-order valence-electron chi connectivity index (χ3n) is 2.55. The van der Waals surface area contributed by atoms with Crippen LogP contribution in [0.15, 0.2) is 16.7 Å². The lowest BCUT2D eigenvalue weighted by Crippen LogP contribution is -2.36. The summed E-state index contributed by atoms with van der Waals surface area (Å²) in [6.07, 6.45) is 3.09. The highest BCUT2D eigenvalue weighted by molar-refractivity contribution is 9.10. The molecule has 1 aromatic rings. The smallest absolute Gasteiger partial charge is 0.142 e. The summed E-state index contributed by atoms with van der Waals surface area (Å²) in [5.74, 6) is 0.909. The van der Waals surface area contributed by atoms with E-state index in [-0.39, 0.29) is 6.10 Å². The van der Waals surface area contributed by atoms with Gasteiger partial charge in [-0.2, -0.15) is 0 Å². The van der Waals surface area contributed by atoms with E-state index in [2.05, 4.69) is 25.8 Å². The molecular formula is C10H12BrClN2O. The molecule has 0 spiro atoms. The van der Waals surface area contributed by atoms with Gasteiger partial charge in [0.2, 0.25) is 0 Å². The van der Waals surface area contributed by atoms with Gasteiger partial charge in [0, 0.05) is 19.3 Å². The molecule has 15 heavy (non-hydrogen) atoms. The molecule has 82 valence electrons. The third-order valence-corrected chi connectivity index (χ3v) is 3.34. The topological polar surface area (TPSA) is 36.4 Å². The molecule has 1 fully saturated rings. The largest absolute Gasteiger partial charge is 0.393 e. The summed E-state index contributed by atoms with van der Waals surface area (Å²) in [5.41, 5.74) is 0. The summed E-state index contributed by atoms with van der Waals surface area (Å²) in [7, 11) is 0. The number of aliphatic hydroxyl groups excluding tert-OH is 1. The molecule has 5 heteroatoms. The zero-order valence-electron chi connectivity index (χ0n) is 8.16. The molecule has 1 aliphatic rings. The molecule has 1 N–H and O–H groups in total. The Morgan fingerprint density at radius 3 is 2.73 bits per heavy atom. The lowest BCUT2D eigenvalue weighted by molar-refractivity contribution is 0.145. The highest BCUT2D eigenvalue weighted by atomic mass is 79.9. The highest BCUT2D eigenvalue weighted by Gasteiger charge is 2.19. The van der Waals surface area contributed by atoms with E-state index in [0.29, 0.717) is 5.02 Å². The molecule has 0 aliphatic carbocycles. The fraction of sp³-hybridized carbons (Fsp3) is 0.500. The van der Waals surface area contributed by atoms with Gasteiger partial charge in [0.15, 0.2) is 0 Å². The molecule has 3 nitrogen and oxygen atoms in total. The number of nitrogens with zero attached hydrogens (tertiary/aromatic N) is 2. The fourth-order valence-corrected chi connectivity index (χ4v) is 2.61. The standard InChI is InChI=1S/C10H12BrClN2O/c11-9-5-7(12)6-13-10(9)14-3-1-8(15)2-4-14/h5-6,8,15H,1-4H2. The van der Waals surface area contributed by atoms with E-state index in [1.807, 2.05) is 6.07 Å². The maximum absolute atomic E-state index is 9.41. The van der Waals surface area contributed by atoms with Gasteiger partial charge >= 0.3 is 0 Å². The van der Waals surface area contributed by atoms with Crippen LogP contribution in [0.2, 0.25) is 5.02 Å². The van der Waals surface area contributed by atoms with Crippen molar-refractivity contribution >= 4 is 33.3 Å². The minimum atomic E-state index is -0.160. The molecule has 0 unspecified atom stereocenters. The molecule has 1 saturated heterocycles. The van der Waals surface area contributed by atoms with Crippen LogP contribution in [0.5, 0.6) is 0 Å². The molecule has 0 radical (unpaired) electrons. The number of rotatable bonds is 1. The fourth-order valence-electron chi connectivity index (χ4n) is 1.72. The zero-order chi connectivity index (χ0) is 10.8. The van der Waals surface area contributed by atoms with E-state index >= 15 is 0 Å². The van der Waals surface area contributed by atoms with Crippen molar-refractivity contribution in [3.05, 3.63) is 21.8 Å². The number of hydrogen-bond donors (Lipinski definition) is 1. The SMILES string of the molecule is OC1CCN(c2ncc(Cl)cc2Br)CC1. The second-order valence-corrected chi connectivity index (χ2v) is 4.97. The van der Waals surface area contributed by atoms with Crippen LogP contribution in [0, 0.1) is 0 Å². The number of halogens is 2. The number of aliphatic hydroxyl groups is 1. The van der Waals surface area contributed by atoms with Gasteiger partial charge in [0.25, 0.3) is 0 Å². The Hall–Kier alpha value is -0.320. The second-order valence-electron chi connectivity index (χ2n) is 3.68. The number of hydrogen-bond acceptors (Lipinski definition) is 3. The first kappa shape index (κ1) is 11.2. The van der Waals surface area contributed by atoms with E-state index in [1.165, 1.54) is 0 Å². The van der Waals surface area contributed by atoms with Crippen LogP contribution in [0.3, 0.4) is 0 Å². The van der Waals surface area contributed by atoms with E-state index in [1.54, 1.807) is 6.20 Å². The highest BCUT2D eigenvalue weighted by Crippen LogP contribution is 2.28. The monoisotopic (exact) mass is 290 g/mol. The van der Waals surface area contributed by atoms with Gasteiger partial charge in [-0.25, -0.2) is 4.98 Å². The summed E-state index contributed by atoms with van der Waals surface area (Å²) < 4.78 is 0.909. The van der Waals surface area contributed by atoms with E-state index in [4.69, 9.17) is 11.6 Å². The average molecular weight is 292 g/mol. The molecular weight excluding hydrogens is 279 g/mol. The summed E-state index contributed by atoms with van der Waals surface area (Å²) in [5, 5.41) is 10.0. The van der Waals surface area contributed by atoms with Gasteiger partial charge in [0.05, 0.1) is 15.6 Å². The van der Waals surface area contributed by atoms with Crippen LogP contribution < -0.4 is 4.90 Å². The van der Waals surface area contributed by atoms with Gasteiger partial charge in [-0.1, -0.05) is 11.6 Å². The van der Waals surface area contributed by atoms with Crippen molar-refractivity contribution in [2.45, 2.75) is 18.9 Å². The van der Waals surface area contributed by atoms with E-state index in [9.17, 15) is 5.11 Å². The van der Waals surface area contributed by atoms with Crippen LogP contribution in [-0.4, -0.2) is 29.3 Å². The summed E-state index contributed by atoms with van der Waals surface area (Å²) in [4.78, 5) is 6.45. The molecule has 1 aliphatic heterocycles. The molecule has 2 rings (SSSR count). The van der Waals surface area contributed by atoms with Crippen molar-refractivity contribution in [2.75, 3.05) is 18.0 Å². The van der Waals surface area contributed by atoms with Gasteiger partial charge < -0.3 is 10.0 Å². The van der Waals surface area contributed by atoms with Crippen LogP contribution >= 0.6 is 27.5 Å². The summed E-state index contributed by atoms with van der Waals surface area (Å²) >= 11 is 9.27. The third kappa shape index (κ3) is 2.62. The van der Waals surface area contributed by atoms with Crippen LogP contribution in [-0.2, 0) is 0 Å². The van der Waals surface area contributed by atoms with Crippen molar-refractivity contribution < 1.29 is 5.11 Å². The van der Waals surface area contributed by atoms with Gasteiger partial charge in [-0.3, -0.25) is 0 Å². The maximum Gasteiger partial charge on any atom is 0.142 e. The van der Waals surface area contributed by atoms with Crippen molar-refractivity contribution in [1.29, 1.82) is 0 Å². The van der Waals surface area contributed by atoms with Crippen LogP contribution in [0.1, 0.15) is 12.8 Å². The van der Waals surface area contributed by atoms with Crippen molar-refractivity contribution in [3.8, 4) is 0 Å². The van der Waals surface area contributed by atoms with Crippen LogP contribution in [0.25, 0.3) is 0 Å². The minimum absolute atomic E-state index is 0.160. The Labute approximate surface area is 102 Å². The first-order chi connectivity index (χ1) is 7.16. The lowest BCUT2D eigenvalue weighted by Gasteiger charge is -2.31. The van der Waals surface area contributed by atoms with Crippen molar-refractivity contribution in [1.82, 2.24) is 4.98 Å². The van der Waals surface area contributed by atoms with Gasteiger partial charge in [-0.15, -0.1) is 0 Å². The Kier molecular flexibility index (Phi) is 3.49.